The molecule has 0 spiro atoms. The minimum absolute atomic E-state index is 0.238. The first-order chi connectivity index (χ1) is 10.8. The molecule has 0 radical (unpaired) electrons. The standard InChI is InChI=1S/C12H19N7O3/c1-3-10-13-15-12(22-10)18-4-7-21-9(8-18)11-14-16-17-19(11)5-6-20-2/h9H,3-8H2,1-2H3/t9-/m0/s1. The summed E-state index contributed by atoms with van der Waals surface area (Å²) in [5.74, 6) is 1.31. The van der Waals surface area contributed by atoms with Gasteiger partial charge in [0.2, 0.25) is 5.89 Å². The molecular formula is C12H19N7O3. The number of morpholine rings is 1. The molecule has 0 bridgehead atoms. The number of methoxy groups -OCH3 is 1. The molecular weight excluding hydrogens is 290 g/mol. The summed E-state index contributed by atoms with van der Waals surface area (Å²) in [4.78, 5) is 2.00. The third kappa shape index (κ3) is 3.07. The van der Waals surface area contributed by atoms with Gasteiger partial charge in [-0.25, -0.2) is 4.68 Å². The van der Waals surface area contributed by atoms with Crippen LogP contribution in [0.3, 0.4) is 0 Å². The maximum atomic E-state index is 5.79. The summed E-state index contributed by atoms with van der Waals surface area (Å²) >= 11 is 0. The van der Waals surface area contributed by atoms with Gasteiger partial charge < -0.3 is 18.8 Å². The van der Waals surface area contributed by atoms with Crippen LogP contribution in [0.25, 0.3) is 0 Å². The fraction of sp³-hybridized carbons (Fsp3) is 0.750. The SMILES string of the molecule is CCc1nnc(N2CCO[C@H](c3nnnn3CCOC)C2)o1. The third-order valence-corrected chi connectivity index (χ3v) is 3.45. The molecule has 0 aromatic carbocycles. The molecule has 1 saturated heterocycles. The third-order valence-electron chi connectivity index (χ3n) is 3.45. The molecule has 3 heterocycles. The fourth-order valence-corrected chi connectivity index (χ4v) is 2.27. The monoisotopic (exact) mass is 309 g/mol. The lowest BCUT2D eigenvalue weighted by Crippen LogP contribution is -2.39. The van der Waals surface area contributed by atoms with Gasteiger partial charge in [0.25, 0.3) is 0 Å². The molecule has 0 saturated carbocycles. The summed E-state index contributed by atoms with van der Waals surface area (Å²) in [6, 6.07) is 0.515. The van der Waals surface area contributed by atoms with Gasteiger partial charge in [0.05, 0.1) is 26.3 Å². The smallest absolute Gasteiger partial charge is 0.318 e. The molecule has 0 unspecified atom stereocenters. The molecule has 22 heavy (non-hydrogen) atoms. The quantitative estimate of drug-likeness (QED) is 0.719. The average Bonchev–Trinajstić information content (AvgIpc) is 3.22. The Morgan fingerprint density at radius 2 is 2.23 bits per heavy atom. The highest BCUT2D eigenvalue weighted by molar-refractivity contribution is 5.26. The molecule has 0 aliphatic carbocycles. The molecule has 1 fully saturated rings. The van der Waals surface area contributed by atoms with Gasteiger partial charge in [0, 0.05) is 20.1 Å². The van der Waals surface area contributed by atoms with Gasteiger partial charge in [-0.05, 0) is 10.4 Å². The number of hydrogen-bond acceptors (Lipinski definition) is 9. The second-order valence-electron chi connectivity index (χ2n) is 4.89. The molecule has 1 aliphatic rings. The van der Waals surface area contributed by atoms with E-state index in [2.05, 4.69) is 25.7 Å². The molecule has 1 aliphatic heterocycles. The van der Waals surface area contributed by atoms with Gasteiger partial charge in [0.1, 0.15) is 6.10 Å². The highest BCUT2D eigenvalue weighted by Gasteiger charge is 2.29. The van der Waals surface area contributed by atoms with Gasteiger partial charge in [-0.1, -0.05) is 12.0 Å². The van der Waals surface area contributed by atoms with Crippen molar-refractivity contribution in [2.24, 2.45) is 0 Å². The Kier molecular flexibility index (Phi) is 4.59. The number of rotatable bonds is 6. The highest BCUT2D eigenvalue weighted by atomic mass is 16.5. The minimum Gasteiger partial charge on any atom is -0.408 e. The Bertz CT molecular complexity index is 599. The number of hydrogen-bond donors (Lipinski definition) is 0. The molecule has 120 valence electrons. The number of ether oxygens (including phenoxy) is 2. The van der Waals surface area contributed by atoms with Gasteiger partial charge >= 0.3 is 6.01 Å². The minimum atomic E-state index is -0.238. The summed E-state index contributed by atoms with van der Waals surface area (Å²) in [6.07, 6.45) is 0.480. The van der Waals surface area contributed by atoms with E-state index in [9.17, 15) is 0 Å². The number of aryl methyl sites for hydroxylation is 1. The van der Waals surface area contributed by atoms with Crippen molar-refractivity contribution in [3.63, 3.8) is 0 Å². The summed E-state index contributed by atoms with van der Waals surface area (Å²) in [7, 11) is 1.64. The molecule has 1 atom stereocenters. The number of aromatic nitrogens is 6. The molecule has 0 N–H and O–H groups in total. The van der Waals surface area contributed by atoms with E-state index in [1.165, 1.54) is 0 Å². The largest absolute Gasteiger partial charge is 0.408 e. The van der Waals surface area contributed by atoms with Gasteiger partial charge in [-0.15, -0.1) is 10.2 Å². The van der Waals surface area contributed by atoms with Crippen LogP contribution in [0.2, 0.25) is 0 Å². The summed E-state index contributed by atoms with van der Waals surface area (Å²) in [6.45, 7) is 4.91. The predicted octanol–water partition coefficient (Wildman–Crippen LogP) is -0.157. The zero-order valence-electron chi connectivity index (χ0n) is 12.7. The lowest BCUT2D eigenvalue weighted by atomic mass is 10.2. The zero-order chi connectivity index (χ0) is 15.4. The van der Waals surface area contributed by atoms with Gasteiger partial charge in [-0.3, -0.25) is 0 Å². The van der Waals surface area contributed by atoms with E-state index in [1.54, 1.807) is 11.8 Å². The molecule has 0 amide bonds. The van der Waals surface area contributed by atoms with Crippen molar-refractivity contribution in [3.05, 3.63) is 11.7 Å². The summed E-state index contributed by atoms with van der Waals surface area (Å²) < 4.78 is 18.2. The Labute approximate surface area is 127 Å². The number of anilines is 1. The van der Waals surface area contributed by atoms with Crippen molar-refractivity contribution in [1.82, 2.24) is 30.4 Å². The van der Waals surface area contributed by atoms with Crippen molar-refractivity contribution in [1.29, 1.82) is 0 Å². The van der Waals surface area contributed by atoms with Crippen molar-refractivity contribution < 1.29 is 13.9 Å². The first-order valence-electron chi connectivity index (χ1n) is 7.25. The van der Waals surface area contributed by atoms with Crippen LogP contribution < -0.4 is 4.90 Å². The summed E-state index contributed by atoms with van der Waals surface area (Å²) in [5.41, 5.74) is 0. The first kappa shape index (κ1) is 14.9. The van der Waals surface area contributed by atoms with E-state index in [4.69, 9.17) is 13.9 Å². The van der Waals surface area contributed by atoms with Crippen LogP contribution in [-0.2, 0) is 22.4 Å². The Hall–Kier alpha value is -2.07. The van der Waals surface area contributed by atoms with Crippen molar-refractivity contribution in [2.75, 3.05) is 38.3 Å². The van der Waals surface area contributed by atoms with Gasteiger partial charge in [-0.2, -0.15) is 0 Å². The Balaban J connectivity index is 1.71. The van der Waals surface area contributed by atoms with E-state index in [0.29, 0.717) is 50.6 Å². The van der Waals surface area contributed by atoms with Crippen LogP contribution >= 0.6 is 0 Å². The zero-order valence-corrected chi connectivity index (χ0v) is 12.7. The maximum absolute atomic E-state index is 5.79. The van der Waals surface area contributed by atoms with Crippen molar-refractivity contribution >= 4 is 6.01 Å². The van der Waals surface area contributed by atoms with E-state index >= 15 is 0 Å². The van der Waals surface area contributed by atoms with Crippen molar-refractivity contribution in [3.8, 4) is 0 Å². The molecule has 3 rings (SSSR count). The fourth-order valence-electron chi connectivity index (χ4n) is 2.27. The molecule has 10 heteroatoms. The van der Waals surface area contributed by atoms with Crippen LogP contribution in [-0.4, -0.2) is 63.8 Å². The summed E-state index contributed by atoms with van der Waals surface area (Å²) in [5, 5.41) is 19.8. The second kappa shape index (κ2) is 6.79. The predicted molar refractivity (Wildman–Crippen MR) is 74.3 cm³/mol. The van der Waals surface area contributed by atoms with Crippen LogP contribution in [0.4, 0.5) is 6.01 Å². The molecule has 2 aromatic heterocycles. The normalized spacial score (nSPS) is 18.8. The van der Waals surface area contributed by atoms with E-state index in [0.717, 1.165) is 6.42 Å². The van der Waals surface area contributed by atoms with Crippen LogP contribution in [0, 0.1) is 0 Å². The van der Waals surface area contributed by atoms with E-state index in [-0.39, 0.29) is 6.10 Å². The van der Waals surface area contributed by atoms with Crippen LogP contribution in [0.5, 0.6) is 0 Å². The number of nitrogens with zero attached hydrogens (tertiary/aromatic N) is 7. The molecule has 2 aromatic rings. The first-order valence-corrected chi connectivity index (χ1v) is 7.25. The van der Waals surface area contributed by atoms with Crippen LogP contribution in [0.15, 0.2) is 4.42 Å². The van der Waals surface area contributed by atoms with Gasteiger partial charge in [0.15, 0.2) is 5.82 Å². The molecule has 10 nitrogen and oxygen atoms in total. The maximum Gasteiger partial charge on any atom is 0.318 e. The van der Waals surface area contributed by atoms with E-state index < -0.39 is 0 Å². The Morgan fingerprint density at radius 3 is 3.00 bits per heavy atom. The van der Waals surface area contributed by atoms with Crippen LogP contribution in [0.1, 0.15) is 24.7 Å². The average molecular weight is 309 g/mol. The second-order valence-corrected chi connectivity index (χ2v) is 4.89. The number of tetrazole rings is 1. The van der Waals surface area contributed by atoms with Crippen molar-refractivity contribution in [2.45, 2.75) is 26.0 Å². The topological polar surface area (TPSA) is 104 Å². The lowest BCUT2D eigenvalue weighted by molar-refractivity contribution is 0.0283. The van der Waals surface area contributed by atoms with E-state index in [1.807, 2.05) is 11.8 Å². The Morgan fingerprint density at radius 1 is 1.32 bits per heavy atom. The lowest BCUT2D eigenvalue weighted by Gasteiger charge is -2.30. The highest BCUT2D eigenvalue weighted by Crippen LogP contribution is 2.23.